The number of hydrogen-bond acceptors (Lipinski definition) is 4. The molecule has 1 rings (SSSR count). The van der Waals surface area contributed by atoms with Crippen LogP contribution in [-0.2, 0) is 6.54 Å². The molecule has 0 bridgehead atoms. The second-order valence-electron chi connectivity index (χ2n) is 4.72. The van der Waals surface area contributed by atoms with Gasteiger partial charge in [0.1, 0.15) is 0 Å². The zero-order valence-electron chi connectivity index (χ0n) is 14.0. The summed E-state index contributed by atoms with van der Waals surface area (Å²) < 4.78 is 16.1. The van der Waals surface area contributed by atoms with E-state index in [0.29, 0.717) is 29.8 Å². The molecular formula is C15H26IN3O3. The average molecular weight is 423 g/mol. The average Bonchev–Trinajstić information content (AvgIpc) is 2.49. The van der Waals surface area contributed by atoms with Gasteiger partial charge in [0.15, 0.2) is 17.5 Å². The van der Waals surface area contributed by atoms with Gasteiger partial charge < -0.3 is 24.8 Å². The first-order chi connectivity index (χ1) is 10.1. The van der Waals surface area contributed by atoms with E-state index < -0.39 is 0 Å². The molecule has 6 nitrogen and oxygen atoms in total. The normalized spacial score (nSPS) is 10.8. The molecule has 1 aromatic carbocycles. The van der Waals surface area contributed by atoms with Crippen molar-refractivity contribution in [2.75, 3.05) is 28.4 Å². The van der Waals surface area contributed by atoms with E-state index >= 15 is 0 Å². The number of nitrogens with zero attached hydrogens (tertiary/aromatic N) is 1. The summed E-state index contributed by atoms with van der Waals surface area (Å²) in [7, 11) is 6.55. The topological polar surface area (TPSA) is 64.1 Å². The van der Waals surface area contributed by atoms with E-state index in [0.717, 1.165) is 11.5 Å². The van der Waals surface area contributed by atoms with Crippen LogP contribution in [0.25, 0.3) is 0 Å². The standard InChI is InChI=1S/C15H25N3O3.HI/c1-10(2)18-15(16-3)17-9-11-7-8-12(19-4)14(21-6)13(11)20-5;/h7-8,10H,9H2,1-6H3,(H2,16,17,18);1H. The Morgan fingerprint density at radius 3 is 2.18 bits per heavy atom. The third kappa shape index (κ3) is 5.43. The van der Waals surface area contributed by atoms with Crippen LogP contribution in [0.5, 0.6) is 17.2 Å². The molecule has 0 spiro atoms. The van der Waals surface area contributed by atoms with Crippen molar-refractivity contribution in [1.82, 2.24) is 10.6 Å². The van der Waals surface area contributed by atoms with Gasteiger partial charge in [-0.1, -0.05) is 0 Å². The maximum Gasteiger partial charge on any atom is 0.203 e. The lowest BCUT2D eigenvalue weighted by molar-refractivity contribution is 0.322. The maximum absolute atomic E-state index is 5.45. The Hall–Kier alpha value is -1.38. The van der Waals surface area contributed by atoms with E-state index in [-0.39, 0.29) is 24.0 Å². The zero-order chi connectivity index (χ0) is 15.8. The lowest BCUT2D eigenvalue weighted by Gasteiger charge is -2.18. The van der Waals surface area contributed by atoms with Gasteiger partial charge in [-0.2, -0.15) is 0 Å². The van der Waals surface area contributed by atoms with Gasteiger partial charge in [0.2, 0.25) is 5.75 Å². The van der Waals surface area contributed by atoms with E-state index in [1.165, 1.54) is 0 Å². The van der Waals surface area contributed by atoms with Crippen LogP contribution in [0.2, 0.25) is 0 Å². The van der Waals surface area contributed by atoms with Crippen molar-refractivity contribution in [3.63, 3.8) is 0 Å². The van der Waals surface area contributed by atoms with Crippen molar-refractivity contribution in [3.05, 3.63) is 17.7 Å². The van der Waals surface area contributed by atoms with Gasteiger partial charge in [-0.25, -0.2) is 0 Å². The van der Waals surface area contributed by atoms with Crippen LogP contribution in [0.3, 0.4) is 0 Å². The molecule has 0 fully saturated rings. The third-order valence-corrected chi connectivity index (χ3v) is 2.88. The number of ether oxygens (including phenoxy) is 3. The molecule has 0 heterocycles. The summed E-state index contributed by atoms with van der Waals surface area (Å²) in [5.41, 5.74) is 0.960. The van der Waals surface area contributed by atoms with Gasteiger partial charge in [-0.15, -0.1) is 24.0 Å². The molecule has 22 heavy (non-hydrogen) atoms. The number of nitrogens with one attached hydrogen (secondary N) is 2. The molecule has 7 heteroatoms. The number of benzene rings is 1. The van der Waals surface area contributed by atoms with Crippen LogP contribution in [0, 0.1) is 0 Å². The Morgan fingerprint density at radius 2 is 1.73 bits per heavy atom. The van der Waals surface area contributed by atoms with Gasteiger partial charge in [0.05, 0.1) is 21.3 Å². The van der Waals surface area contributed by atoms with E-state index in [2.05, 4.69) is 29.5 Å². The monoisotopic (exact) mass is 423 g/mol. The highest BCUT2D eigenvalue weighted by Crippen LogP contribution is 2.39. The highest BCUT2D eigenvalue weighted by Gasteiger charge is 2.15. The minimum Gasteiger partial charge on any atom is -0.493 e. The van der Waals surface area contributed by atoms with Gasteiger partial charge in [0.25, 0.3) is 0 Å². The van der Waals surface area contributed by atoms with E-state index in [1.807, 2.05) is 12.1 Å². The van der Waals surface area contributed by atoms with E-state index in [4.69, 9.17) is 14.2 Å². The predicted octanol–water partition coefficient (Wildman–Crippen LogP) is 2.40. The van der Waals surface area contributed by atoms with Crippen LogP contribution in [0.1, 0.15) is 19.4 Å². The molecule has 0 radical (unpaired) electrons. The number of methoxy groups -OCH3 is 3. The Bertz CT molecular complexity index is 493. The maximum atomic E-state index is 5.45. The smallest absolute Gasteiger partial charge is 0.203 e. The Balaban J connectivity index is 0.00000441. The summed E-state index contributed by atoms with van der Waals surface area (Å²) in [6.07, 6.45) is 0. The Kier molecular flexibility index (Phi) is 9.71. The lowest BCUT2D eigenvalue weighted by atomic mass is 10.1. The number of guanidine groups is 1. The van der Waals surface area contributed by atoms with Crippen LogP contribution in [-0.4, -0.2) is 40.4 Å². The quantitative estimate of drug-likeness (QED) is 0.418. The van der Waals surface area contributed by atoms with Crippen LogP contribution in [0.4, 0.5) is 0 Å². The molecule has 0 aliphatic rings. The van der Waals surface area contributed by atoms with Gasteiger partial charge in [-0.3, -0.25) is 4.99 Å². The molecule has 126 valence electrons. The Labute approximate surface area is 149 Å². The summed E-state index contributed by atoms with van der Waals surface area (Å²) in [6.45, 7) is 4.68. The molecule has 0 unspecified atom stereocenters. The van der Waals surface area contributed by atoms with Crippen LogP contribution in [0.15, 0.2) is 17.1 Å². The summed E-state index contributed by atoms with van der Waals surface area (Å²) >= 11 is 0. The van der Waals surface area contributed by atoms with Gasteiger partial charge in [-0.05, 0) is 26.0 Å². The summed E-state index contributed by atoms with van der Waals surface area (Å²) in [6, 6.07) is 4.11. The van der Waals surface area contributed by atoms with Crippen molar-refractivity contribution >= 4 is 29.9 Å². The molecule has 0 saturated heterocycles. The second kappa shape index (κ2) is 10.4. The van der Waals surface area contributed by atoms with Crippen LogP contribution < -0.4 is 24.8 Å². The van der Waals surface area contributed by atoms with Crippen molar-refractivity contribution in [2.24, 2.45) is 4.99 Å². The summed E-state index contributed by atoms with van der Waals surface area (Å²) in [5.74, 6) is 2.63. The van der Waals surface area contributed by atoms with E-state index in [9.17, 15) is 0 Å². The first-order valence-corrected chi connectivity index (χ1v) is 6.82. The third-order valence-electron chi connectivity index (χ3n) is 2.88. The largest absolute Gasteiger partial charge is 0.493 e. The van der Waals surface area contributed by atoms with Crippen molar-refractivity contribution in [1.29, 1.82) is 0 Å². The van der Waals surface area contributed by atoms with E-state index in [1.54, 1.807) is 28.4 Å². The predicted molar refractivity (Wildman–Crippen MR) is 100.0 cm³/mol. The first kappa shape index (κ1) is 20.6. The van der Waals surface area contributed by atoms with Crippen molar-refractivity contribution in [2.45, 2.75) is 26.4 Å². The first-order valence-electron chi connectivity index (χ1n) is 6.82. The molecule has 0 amide bonds. The number of rotatable bonds is 6. The van der Waals surface area contributed by atoms with Crippen molar-refractivity contribution < 1.29 is 14.2 Å². The number of halogens is 1. The number of hydrogen-bond donors (Lipinski definition) is 2. The zero-order valence-corrected chi connectivity index (χ0v) is 16.3. The molecule has 0 aromatic heterocycles. The summed E-state index contributed by atoms with van der Waals surface area (Å²) in [5, 5.41) is 6.47. The fourth-order valence-electron chi connectivity index (χ4n) is 1.95. The fourth-order valence-corrected chi connectivity index (χ4v) is 1.95. The van der Waals surface area contributed by atoms with Crippen LogP contribution >= 0.6 is 24.0 Å². The van der Waals surface area contributed by atoms with Crippen molar-refractivity contribution in [3.8, 4) is 17.2 Å². The lowest BCUT2D eigenvalue weighted by Crippen LogP contribution is -2.40. The minimum absolute atomic E-state index is 0. The SMILES string of the molecule is CN=C(NCc1ccc(OC)c(OC)c1OC)NC(C)C.I. The second-order valence-corrected chi connectivity index (χ2v) is 4.72. The molecule has 0 aliphatic carbocycles. The Morgan fingerprint density at radius 1 is 1.09 bits per heavy atom. The fraction of sp³-hybridized carbons (Fsp3) is 0.533. The minimum atomic E-state index is 0. The summed E-state index contributed by atoms with van der Waals surface area (Å²) in [4.78, 5) is 4.17. The highest BCUT2D eigenvalue weighted by atomic mass is 127. The molecule has 2 N–H and O–H groups in total. The molecule has 0 atom stereocenters. The molecule has 1 aromatic rings. The van der Waals surface area contributed by atoms with Gasteiger partial charge in [0, 0.05) is 25.2 Å². The molecule has 0 saturated carbocycles. The van der Waals surface area contributed by atoms with Gasteiger partial charge >= 0.3 is 0 Å². The highest BCUT2D eigenvalue weighted by molar-refractivity contribution is 14.0. The molecule has 0 aliphatic heterocycles. The molecular weight excluding hydrogens is 397 g/mol. The number of aliphatic imine (C=N–C) groups is 1.